The number of para-hydroxylation sites is 4. The number of pyridine rings is 2. The van der Waals surface area contributed by atoms with Gasteiger partial charge < -0.3 is 0 Å². The van der Waals surface area contributed by atoms with Gasteiger partial charge in [-0.1, -0.05) is 198 Å². The number of hydrogen-bond donors (Lipinski definition) is 0. The van der Waals surface area contributed by atoms with Gasteiger partial charge in [0.05, 0.1) is 22.1 Å². The Labute approximate surface area is 380 Å². The maximum Gasteiger partial charge on any atom is 0.0750 e. The molecule has 4 aliphatic carbocycles. The molecule has 0 aliphatic heterocycles. The molecule has 4 aliphatic rings. The Kier molecular flexibility index (Phi) is 15.3. The van der Waals surface area contributed by atoms with Gasteiger partial charge >= 0.3 is 0 Å². The lowest BCUT2D eigenvalue weighted by Gasteiger charge is -2.39. The lowest BCUT2D eigenvalue weighted by molar-refractivity contribution is 0.484. The van der Waals surface area contributed by atoms with Crippen molar-refractivity contribution >= 4 is 91.3 Å². The van der Waals surface area contributed by atoms with Gasteiger partial charge in [-0.05, 0) is 121 Å². The first kappa shape index (κ1) is 43.3. The van der Waals surface area contributed by atoms with Crippen molar-refractivity contribution < 1.29 is 0 Å². The van der Waals surface area contributed by atoms with Crippen LogP contribution < -0.4 is 0 Å². The number of halogens is 2. The van der Waals surface area contributed by atoms with Crippen LogP contribution in [0.3, 0.4) is 0 Å². The minimum absolute atomic E-state index is 0.0343. The lowest BCUT2D eigenvalue weighted by Crippen LogP contribution is -2.21. The van der Waals surface area contributed by atoms with Gasteiger partial charge in [0.25, 0.3) is 0 Å². The molecule has 2 heterocycles. The molecule has 60 heavy (non-hydrogen) atoms. The van der Waals surface area contributed by atoms with Crippen LogP contribution in [0, 0.1) is 0 Å². The van der Waals surface area contributed by atoms with Gasteiger partial charge in [0.15, 0.2) is 0 Å². The molecule has 0 amide bonds. The molecule has 6 heteroatoms. The van der Waals surface area contributed by atoms with Gasteiger partial charge in [-0.25, -0.2) is 9.97 Å². The minimum Gasteiger partial charge on any atom is -0.247 e. The topological polar surface area (TPSA) is 25.8 Å². The third kappa shape index (κ3) is 10.0. The Morgan fingerprint density at radius 1 is 0.367 bits per heavy atom. The second-order valence-electron chi connectivity index (χ2n) is 18.7. The molecule has 0 N–H and O–H groups in total. The van der Waals surface area contributed by atoms with E-state index >= 15 is 0 Å². The number of fused-ring (bicyclic) bond motifs is 4. The summed E-state index contributed by atoms with van der Waals surface area (Å²) in [5.41, 5.74) is 14.5. The van der Waals surface area contributed by atoms with E-state index in [1.54, 1.807) is 11.1 Å². The molecule has 0 saturated heterocycles. The van der Waals surface area contributed by atoms with E-state index in [1.165, 1.54) is 184 Å². The summed E-state index contributed by atoms with van der Waals surface area (Å²) in [6.45, 7) is 0. The number of benzene rings is 4. The Morgan fingerprint density at radius 2 is 0.633 bits per heavy atom. The average Bonchev–Trinajstić information content (AvgIpc) is 3.32. The van der Waals surface area contributed by atoms with Crippen LogP contribution in [0.4, 0.5) is 0 Å². The highest BCUT2D eigenvalue weighted by Crippen LogP contribution is 2.59. The molecule has 2 aromatic heterocycles. The highest BCUT2D eigenvalue weighted by atomic mass is 79.9. The van der Waals surface area contributed by atoms with Crippen molar-refractivity contribution in [1.29, 1.82) is 0 Å². The molecule has 0 atom stereocenters. The Balaban J connectivity index is 0.000000214. The van der Waals surface area contributed by atoms with Crippen molar-refractivity contribution in [3.05, 3.63) is 107 Å². The van der Waals surface area contributed by atoms with E-state index in [1.807, 2.05) is 0 Å². The first-order valence-electron chi connectivity index (χ1n) is 23.9. The molecular formula is C54H66Br2N2P2. The number of aromatic nitrogens is 2. The van der Waals surface area contributed by atoms with Crippen LogP contribution >= 0.6 is 47.7 Å². The fourth-order valence-corrected chi connectivity index (χ4v) is 20.2. The summed E-state index contributed by atoms with van der Waals surface area (Å²) in [5, 5.41) is 6.82. The molecule has 2 nitrogen and oxygen atoms in total. The summed E-state index contributed by atoms with van der Waals surface area (Å²) < 4.78 is 0. The highest BCUT2D eigenvalue weighted by molar-refractivity contribution is 9.08. The molecule has 0 spiro atoms. The number of alkyl halides is 2. The van der Waals surface area contributed by atoms with Gasteiger partial charge in [0, 0.05) is 32.2 Å². The number of nitrogens with zero attached hydrogens (tertiary/aromatic N) is 2. The van der Waals surface area contributed by atoms with E-state index in [9.17, 15) is 0 Å². The molecule has 4 saturated carbocycles. The monoisotopic (exact) mass is 962 g/mol. The predicted octanol–water partition coefficient (Wildman–Crippen LogP) is 17.9. The minimum atomic E-state index is 0.0343. The molecule has 6 aromatic rings. The Hall–Kier alpha value is -1.96. The van der Waals surface area contributed by atoms with Crippen molar-refractivity contribution in [2.75, 3.05) is 0 Å². The third-order valence-electron chi connectivity index (χ3n) is 14.8. The van der Waals surface area contributed by atoms with Crippen molar-refractivity contribution in [2.45, 2.75) is 174 Å². The maximum absolute atomic E-state index is 5.68. The lowest BCUT2D eigenvalue weighted by atomic mass is 9.99. The van der Waals surface area contributed by atoms with Gasteiger partial charge in [-0.3, -0.25) is 0 Å². The number of hydrogen-bond acceptors (Lipinski definition) is 2. The molecule has 4 aromatic carbocycles. The van der Waals surface area contributed by atoms with E-state index in [-0.39, 0.29) is 15.8 Å². The van der Waals surface area contributed by atoms with E-state index < -0.39 is 0 Å². The first-order chi connectivity index (χ1) is 29.7. The first-order valence-corrected chi connectivity index (χ1v) is 29.5. The van der Waals surface area contributed by atoms with Crippen molar-refractivity contribution in [1.82, 2.24) is 9.97 Å². The van der Waals surface area contributed by atoms with Crippen LogP contribution in [-0.2, 0) is 23.0 Å². The van der Waals surface area contributed by atoms with Crippen LogP contribution in [0.5, 0.6) is 0 Å². The van der Waals surface area contributed by atoms with Crippen LogP contribution in [0.1, 0.15) is 151 Å². The largest absolute Gasteiger partial charge is 0.247 e. The second kappa shape index (κ2) is 21.1. The molecule has 0 bridgehead atoms. The Morgan fingerprint density at radius 3 is 0.917 bits per heavy atom. The zero-order chi connectivity index (χ0) is 40.7. The van der Waals surface area contributed by atoms with Gasteiger partial charge in [-0.2, -0.15) is 0 Å². The predicted molar refractivity (Wildman–Crippen MR) is 272 cm³/mol. The average molecular weight is 965 g/mol. The third-order valence-corrected chi connectivity index (χ3v) is 23.3. The maximum atomic E-state index is 5.68. The summed E-state index contributed by atoms with van der Waals surface area (Å²) in [6.07, 6.45) is 32.3. The molecule has 0 unspecified atom stereocenters. The Bertz CT molecular complexity index is 2150. The van der Waals surface area contributed by atoms with E-state index in [2.05, 4.69) is 117 Å². The summed E-state index contributed by atoms with van der Waals surface area (Å²) in [7, 11) is 0.0687. The molecule has 10 rings (SSSR count). The zero-order valence-corrected chi connectivity index (χ0v) is 40.9. The summed E-state index contributed by atoms with van der Waals surface area (Å²) in [6, 6.07) is 31.7. The summed E-state index contributed by atoms with van der Waals surface area (Å²) in [5.74, 6) is 0. The van der Waals surface area contributed by atoms with Gasteiger partial charge in [0.1, 0.15) is 0 Å². The fraction of sp³-hybridized carbons (Fsp3) is 0.519. The van der Waals surface area contributed by atoms with Crippen LogP contribution in [0.15, 0.2) is 84.9 Å². The summed E-state index contributed by atoms with van der Waals surface area (Å²) in [4.78, 5) is 10.5. The van der Waals surface area contributed by atoms with Crippen LogP contribution in [0.2, 0.25) is 0 Å². The smallest absolute Gasteiger partial charge is 0.0750 e. The van der Waals surface area contributed by atoms with E-state index in [0.29, 0.717) is 0 Å². The second-order valence-corrected chi connectivity index (χ2v) is 25.4. The number of rotatable bonds is 10. The standard InChI is InChI=1S/C39H55NP2.C15H11Br2N/c1-5-19-34(20-6-1)41(35-21-7-2-8-22-35)28-32-17-13-15-30-27-31-16-14-18-33(39(31)40-38(30)32)29-42(36-23-9-3-10-24-36)37-25-11-4-12-26-37;16-8-12-5-1-3-10-7-11-4-2-6-13(9-17)15(11)18-14(10)12/h13-18,27,34-37H,1-12,19-26,28-29H2;1-7H,8-9H2. The van der Waals surface area contributed by atoms with Crippen LogP contribution in [-0.4, -0.2) is 32.6 Å². The van der Waals surface area contributed by atoms with Crippen molar-refractivity contribution in [2.24, 2.45) is 0 Å². The molecule has 4 fully saturated rings. The fourth-order valence-electron chi connectivity index (χ4n) is 11.6. The molecular weight excluding hydrogens is 898 g/mol. The SMILES string of the molecule is BrCc1cccc2cc3cccc(CBr)c3nc12.c1cc(CP(C2CCCCC2)C2CCCCC2)c2nc3c(CP(C4CCCCC4)C4CCCCC4)cccc3cc2c1. The zero-order valence-electron chi connectivity index (χ0n) is 35.9. The summed E-state index contributed by atoms with van der Waals surface area (Å²) >= 11 is 7.06. The van der Waals surface area contributed by atoms with Crippen molar-refractivity contribution in [3.8, 4) is 0 Å². The molecule has 0 radical (unpaired) electrons. The highest BCUT2D eigenvalue weighted by Gasteiger charge is 2.33. The van der Waals surface area contributed by atoms with Gasteiger partial charge in [-0.15, -0.1) is 0 Å². The van der Waals surface area contributed by atoms with Gasteiger partial charge in [0.2, 0.25) is 0 Å². The van der Waals surface area contributed by atoms with E-state index in [0.717, 1.165) is 44.3 Å². The van der Waals surface area contributed by atoms with Crippen LogP contribution in [0.25, 0.3) is 43.6 Å². The molecule has 316 valence electrons. The van der Waals surface area contributed by atoms with E-state index in [4.69, 9.17) is 9.97 Å². The normalized spacial score (nSPS) is 19.1. The van der Waals surface area contributed by atoms with Crippen molar-refractivity contribution in [3.63, 3.8) is 0 Å². The quantitative estimate of drug-likeness (QED) is 0.0777.